The van der Waals surface area contributed by atoms with Gasteiger partial charge in [0.05, 0.1) is 5.69 Å². The predicted octanol–water partition coefficient (Wildman–Crippen LogP) is 1.67. The van der Waals surface area contributed by atoms with Crippen LogP contribution in [0.15, 0.2) is 0 Å². The van der Waals surface area contributed by atoms with Crippen LogP contribution in [-0.2, 0) is 0 Å². The largest absolute Gasteiger partial charge is 0.354 e. The second-order valence-electron chi connectivity index (χ2n) is 5.40. The third kappa shape index (κ3) is 2.69. The maximum Gasteiger partial charge on any atom is 0.169 e. The van der Waals surface area contributed by atoms with E-state index in [1.807, 2.05) is 20.9 Å². The van der Waals surface area contributed by atoms with E-state index in [-0.39, 0.29) is 0 Å². The molecule has 5 heteroatoms. The Morgan fingerprint density at radius 2 is 1.84 bits per heavy atom. The first-order chi connectivity index (χ1) is 9.04. The summed E-state index contributed by atoms with van der Waals surface area (Å²) in [7, 11) is 2.00. The number of nitriles is 1. The lowest BCUT2D eigenvalue weighted by molar-refractivity contribution is 0.383. The Hall–Kier alpha value is -1.67. The number of nitrogens with two attached hydrogens (primary N) is 1. The molecule has 1 aliphatic rings. The van der Waals surface area contributed by atoms with Gasteiger partial charge in [0.15, 0.2) is 5.82 Å². The van der Waals surface area contributed by atoms with E-state index >= 15 is 0 Å². The fourth-order valence-corrected chi connectivity index (χ4v) is 2.64. The topological polar surface area (TPSA) is 78.8 Å². The van der Waals surface area contributed by atoms with Crippen molar-refractivity contribution in [2.24, 2.45) is 5.73 Å². The molecular formula is C14H21N5. The van der Waals surface area contributed by atoms with Crippen molar-refractivity contribution < 1.29 is 0 Å². The van der Waals surface area contributed by atoms with Crippen LogP contribution < -0.4 is 10.6 Å². The maximum absolute atomic E-state index is 9.35. The highest BCUT2D eigenvalue weighted by Gasteiger charge is 2.25. The average molecular weight is 259 g/mol. The Morgan fingerprint density at radius 1 is 1.21 bits per heavy atom. The van der Waals surface area contributed by atoms with Crippen molar-refractivity contribution in [1.82, 2.24) is 10.2 Å². The molecule has 2 rings (SSSR count). The first-order valence-corrected chi connectivity index (χ1v) is 6.77. The van der Waals surface area contributed by atoms with Gasteiger partial charge in [0.1, 0.15) is 11.6 Å². The van der Waals surface area contributed by atoms with Crippen molar-refractivity contribution in [3.8, 4) is 6.07 Å². The summed E-state index contributed by atoms with van der Waals surface area (Å²) in [5, 5.41) is 17.7. The number of aryl methyl sites for hydroxylation is 1. The molecular weight excluding hydrogens is 238 g/mol. The molecule has 1 aromatic heterocycles. The van der Waals surface area contributed by atoms with E-state index < -0.39 is 0 Å². The van der Waals surface area contributed by atoms with Gasteiger partial charge in [-0.05, 0) is 45.1 Å². The monoisotopic (exact) mass is 259 g/mol. The minimum atomic E-state index is 0.325. The van der Waals surface area contributed by atoms with Gasteiger partial charge >= 0.3 is 0 Å². The van der Waals surface area contributed by atoms with Crippen molar-refractivity contribution in [2.75, 3.05) is 11.9 Å². The summed E-state index contributed by atoms with van der Waals surface area (Å²) in [5.41, 5.74) is 8.32. The van der Waals surface area contributed by atoms with E-state index in [0.29, 0.717) is 23.5 Å². The third-order valence-corrected chi connectivity index (χ3v) is 4.17. The van der Waals surface area contributed by atoms with Gasteiger partial charge in [-0.1, -0.05) is 0 Å². The summed E-state index contributed by atoms with van der Waals surface area (Å²) in [5.74, 6) is 0.700. The summed E-state index contributed by atoms with van der Waals surface area (Å²) in [6, 6.07) is 3.00. The fourth-order valence-electron chi connectivity index (χ4n) is 2.64. The van der Waals surface area contributed by atoms with Gasteiger partial charge in [0, 0.05) is 19.1 Å². The van der Waals surface area contributed by atoms with Crippen LogP contribution >= 0.6 is 0 Å². The molecule has 1 aliphatic carbocycles. The number of anilines is 1. The van der Waals surface area contributed by atoms with Crippen molar-refractivity contribution in [2.45, 2.75) is 51.6 Å². The summed E-state index contributed by atoms with van der Waals surface area (Å²) in [6.07, 6.45) is 4.18. The Morgan fingerprint density at radius 3 is 2.42 bits per heavy atom. The highest BCUT2D eigenvalue weighted by Crippen LogP contribution is 2.27. The van der Waals surface area contributed by atoms with Crippen LogP contribution in [0.3, 0.4) is 0 Å². The van der Waals surface area contributed by atoms with Gasteiger partial charge in [-0.25, -0.2) is 0 Å². The van der Waals surface area contributed by atoms with Crippen LogP contribution in [0.1, 0.15) is 42.5 Å². The standard InChI is InChI=1S/C14H21N5/c1-9-10(2)17-18-14(13(9)8-15)19(3)12-6-4-11(16)5-7-12/h11-12H,4-7,16H2,1-3H3. The maximum atomic E-state index is 9.35. The Kier molecular flexibility index (Phi) is 4.01. The molecule has 0 aliphatic heterocycles. The van der Waals surface area contributed by atoms with Gasteiger partial charge in [0.2, 0.25) is 0 Å². The number of rotatable bonds is 2. The molecule has 0 saturated heterocycles. The molecule has 0 unspecified atom stereocenters. The van der Waals surface area contributed by atoms with Crippen molar-refractivity contribution in [3.05, 3.63) is 16.8 Å². The second-order valence-corrected chi connectivity index (χ2v) is 5.40. The molecule has 0 atom stereocenters. The average Bonchev–Trinajstić information content (AvgIpc) is 2.41. The molecule has 0 bridgehead atoms. The van der Waals surface area contributed by atoms with Gasteiger partial charge in [-0.15, -0.1) is 5.10 Å². The van der Waals surface area contributed by atoms with Crippen LogP contribution in [-0.4, -0.2) is 29.3 Å². The molecule has 102 valence electrons. The van der Waals surface area contributed by atoms with Crippen molar-refractivity contribution >= 4 is 5.82 Å². The second kappa shape index (κ2) is 5.54. The lowest BCUT2D eigenvalue weighted by atomic mass is 9.91. The minimum Gasteiger partial charge on any atom is -0.354 e. The molecule has 1 aromatic rings. The number of hydrogen-bond acceptors (Lipinski definition) is 5. The molecule has 1 fully saturated rings. The molecule has 0 radical (unpaired) electrons. The lowest BCUT2D eigenvalue weighted by Gasteiger charge is -2.34. The minimum absolute atomic E-state index is 0.325. The summed E-state index contributed by atoms with van der Waals surface area (Å²) in [6.45, 7) is 3.81. The molecule has 2 N–H and O–H groups in total. The lowest BCUT2D eigenvalue weighted by Crippen LogP contribution is -2.39. The highest BCUT2D eigenvalue weighted by atomic mass is 15.3. The molecule has 1 heterocycles. The highest BCUT2D eigenvalue weighted by molar-refractivity contribution is 5.57. The van der Waals surface area contributed by atoms with Gasteiger partial charge in [0.25, 0.3) is 0 Å². The Bertz CT molecular complexity index is 497. The quantitative estimate of drug-likeness (QED) is 0.874. The van der Waals surface area contributed by atoms with Crippen LogP contribution in [0, 0.1) is 25.2 Å². The van der Waals surface area contributed by atoms with Crippen molar-refractivity contribution in [3.63, 3.8) is 0 Å². The van der Waals surface area contributed by atoms with E-state index in [9.17, 15) is 5.26 Å². The van der Waals surface area contributed by atoms with E-state index in [0.717, 1.165) is 36.9 Å². The molecule has 19 heavy (non-hydrogen) atoms. The van der Waals surface area contributed by atoms with E-state index in [1.165, 1.54) is 0 Å². The first kappa shape index (κ1) is 13.8. The van der Waals surface area contributed by atoms with Crippen LogP contribution in [0.4, 0.5) is 5.82 Å². The van der Waals surface area contributed by atoms with E-state index in [1.54, 1.807) is 0 Å². The van der Waals surface area contributed by atoms with Gasteiger partial charge in [-0.3, -0.25) is 0 Å². The summed E-state index contributed by atoms with van der Waals surface area (Å²) >= 11 is 0. The first-order valence-electron chi connectivity index (χ1n) is 6.77. The summed E-state index contributed by atoms with van der Waals surface area (Å²) < 4.78 is 0. The molecule has 1 saturated carbocycles. The van der Waals surface area contributed by atoms with E-state index in [2.05, 4.69) is 21.2 Å². The van der Waals surface area contributed by atoms with Gasteiger partial charge < -0.3 is 10.6 Å². The number of nitrogens with zero attached hydrogens (tertiary/aromatic N) is 4. The third-order valence-electron chi connectivity index (χ3n) is 4.17. The van der Waals surface area contributed by atoms with E-state index in [4.69, 9.17) is 5.73 Å². The fraction of sp³-hybridized carbons (Fsp3) is 0.643. The zero-order valence-electron chi connectivity index (χ0n) is 11.8. The van der Waals surface area contributed by atoms with Crippen LogP contribution in [0.25, 0.3) is 0 Å². The Balaban J connectivity index is 2.27. The molecule has 0 aromatic carbocycles. The molecule has 0 spiro atoms. The van der Waals surface area contributed by atoms with Crippen LogP contribution in [0.2, 0.25) is 0 Å². The number of aromatic nitrogens is 2. The van der Waals surface area contributed by atoms with Crippen molar-refractivity contribution in [1.29, 1.82) is 5.26 Å². The zero-order chi connectivity index (χ0) is 14.0. The van der Waals surface area contributed by atoms with Gasteiger partial charge in [-0.2, -0.15) is 10.4 Å². The SMILES string of the molecule is Cc1nnc(N(C)C2CCC(N)CC2)c(C#N)c1C. The molecule has 5 nitrogen and oxygen atoms in total. The predicted molar refractivity (Wildman–Crippen MR) is 74.9 cm³/mol. The van der Waals surface area contributed by atoms with Crippen LogP contribution in [0.5, 0.6) is 0 Å². The normalized spacial score (nSPS) is 22.9. The smallest absolute Gasteiger partial charge is 0.169 e. The summed E-state index contributed by atoms with van der Waals surface area (Å²) in [4.78, 5) is 2.10. The zero-order valence-corrected chi connectivity index (χ0v) is 11.8. The number of hydrogen-bond donors (Lipinski definition) is 1. The molecule has 0 amide bonds. The Labute approximate surface area is 114 Å².